The minimum absolute atomic E-state index is 0.0601. The highest BCUT2D eigenvalue weighted by atomic mass is 32.1. The fourth-order valence-corrected chi connectivity index (χ4v) is 6.76. The van der Waals surface area contributed by atoms with E-state index in [0.29, 0.717) is 36.9 Å². The van der Waals surface area contributed by atoms with Gasteiger partial charge < -0.3 is 10.1 Å². The van der Waals surface area contributed by atoms with Gasteiger partial charge in [0.15, 0.2) is 11.5 Å². The number of ether oxygens (including phenoxy) is 1. The summed E-state index contributed by atoms with van der Waals surface area (Å²) in [5, 5.41) is 15.9. The molecule has 1 N–H and O–H groups in total. The molecule has 3 aliphatic rings. The number of carbonyl (C=O) groups is 3. The van der Waals surface area contributed by atoms with Crippen molar-refractivity contribution in [2.24, 2.45) is 18.9 Å². The quantitative estimate of drug-likeness (QED) is 0.286. The molecule has 0 bridgehead atoms. The van der Waals surface area contributed by atoms with E-state index < -0.39 is 5.97 Å². The molecular formula is C27H32N6O4S. The predicted molar refractivity (Wildman–Crippen MR) is 141 cm³/mol. The van der Waals surface area contributed by atoms with Crippen LogP contribution in [-0.2, 0) is 35.8 Å². The average Bonchev–Trinajstić information content (AvgIpc) is 3.82. The van der Waals surface area contributed by atoms with Crippen LogP contribution >= 0.6 is 11.3 Å². The summed E-state index contributed by atoms with van der Waals surface area (Å²) in [4.78, 5) is 40.4. The van der Waals surface area contributed by atoms with Crippen molar-refractivity contribution in [1.29, 1.82) is 0 Å². The Labute approximate surface area is 224 Å². The molecule has 0 aromatic carbocycles. The summed E-state index contributed by atoms with van der Waals surface area (Å²) in [5.41, 5.74) is 2.13. The lowest BCUT2D eigenvalue weighted by Gasteiger charge is -2.25. The Bertz CT molecular complexity index is 1400. The first-order valence-electron chi connectivity index (χ1n) is 13.4. The van der Waals surface area contributed by atoms with E-state index in [1.54, 1.807) is 35.5 Å². The summed E-state index contributed by atoms with van der Waals surface area (Å²) in [6.45, 7) is 0. The predicted octanol–water partition coefficient (Wildman–Crippen LogP) is 4.23. The van der Waals surface area contributed by atoms with Crippen LogP contribution in [0.15, 0.2) is 12.4 Å². The number of carbonyl (C=O) groups excluding carboxylic acids is 3. The van der Waals surface area contributed by atoms with Crippen molar-refractivity contribution < 1.29 is 19.1 Å². The smallest absolute Gasteiger partial charge is 0.358 e. The van der Waals surface area contributed by atoms with E-state index >= 15 is 0 Å². The number of hydrogen-bond acceptors (Lipinski definition) is 9. The lowest BCUT2D eigenvalue weighted by Crippen LogP contribution is -2.20. The number of aromatic nitrogens is 5. The molecule has 2 saturated carbocycles. The molecule has 11 heteroatoms. The SMILES string of the molecule is COC(=O)c1cc(Nc2nncn2[C@H]2CCc3sc(CC(=O)C4CC4)c(C(=O)CCC4CC4)c3C2)n(C)n1. The van der Waals surface area contributed by atoms with Crippen molar-refractivity contribution in [3.8, 4) is 0 Å². The zero-order valence-electron chi connectivity index (χ0n) is 21.7. The van der Waals surface area contributed by atoms with Crippen LogP contribution in [0.2, 0.25) is 0 Å². The summed E-state index contributed by atoms with van der Waals surface area (Å²) < 4.78 is 8.33. The van der Waals surface area contributed by atoms with Gasteiger partial charge in [0.2, 0.25) is 5.95 Å². The van der Waals surface area contributed by atoms with Crippen LogP contribution < -0.4 is 5.32 Å². The van der Waals surface area contributed by atoms with E-state index in [4.69, 9.17) is 4.74 Å². The fourth-order valence-electron chi connectivity index (χ4n) is 5.38. The first kappa shape index (κ1) is 25.0. The Hall–Kier alpha value is -3.34. The summed E-state index contributed by atoms with van der Waals surface area (Å²) in [7, 11) is 3.05. The van der Waals surface area contributed by atoms with E-state index in [-0.39, 0.29) is 29.2 Å². The molecular weight excluding hydrogens is 504 g/mol. The van der Waals surface area contributed by atoms with Gasteiger partial charge in [0.1, 0.15) is 17.9 Å². The van der Waals surface area contributed by atoms with Crippen LogP contribution in [0.25, 0.3) is 0 Å². The second-order valence-corrected chi connectivity index (χ2v) is 11.9. The van der Waals surface area contributed by atoms with Crippen LogP contribution in [0.4, 0.5) is 11.8 Å². The van der Waals surface area contributed by atoms with Crippen molar-refractivity contribution in [3.63, 3.8) is 0 Å². The van der Waals surface area contributed by atoms with E-state index in [1.165, 1.54) is 24.8 Å². The maximum Gasteiger partial charge on any atom is 0.358 e. The van der Waals surface area contributed by atoms with E-state index in [9.17, 15) is 14.4 Å². The van der Waals surface area contributed by atoms with E-state index in [0.717, 1.165) is 48.1 Å². The van der Waals surface area contributed by atoms with Gasteiger partial charge in [-0.3, -0.25) is 18.8 Å². The fraction of sp³-hybridized carbons (Fsp3) is 0.556. The highest BCUT2D eigenvalue weighted by Crippen LogP contribution is 2.42. The number of anilines is 2. The number of aryl methyl sites for hydroxylation is 2. The van der Waals surface area contributed by atoms with E-state index in [2.05, 4.69) is 20.6 Å². The first-order chi connectivity index (χ1) is 18.4. The molecule has 200 valence electrons. The summed E-state index contributed by atoms with van der Waals surface area (Å²) >= 11 is 1.68. The standard InChI is InChI=1S/C27H32N6O4S/c1-32-24(12-19(31-32)26(36)37-2)29-27-30-28-14-33(27)17-8-10-22-18(11-17)25(20(34)9-5-15-3-4-15)23(38-22)13-21(35)16-6-7-16/h12,14-17H,3-11,13H2,1-2H3,(H,29,30)/t17-/m0/s1. The molecule has 0 amide bonds. The number of hydrogen-bond donors (Lipinski definition) is 1. The Morgan fingerprint density at radius 3 is 2.74 bits per heavy atom. The van der Waals surface area contributed by atoms with Gasteiger partial charge in [-0.15, -0.1) is 21.5 Å². The van der Waals surface area contributed by atoms with Gasteiger partial charge in [-0.2, -0.15) is 5.10 Å². The van der Waals surface area contributed by atoms with Crippen molar-refractivity contribution >= 4 is 40.6 Å². The van der Waals surface area contributed by atoms with Gasteiger partial charge in [-0.1, -0.05) is 12.8 Å². The number of esters is 1. The van der Waals surface area contributed by atoms with Crippen molar-refractivity contribution in [2.45, 2.75) is 70.3 Å². The van der Waals surface area contributed by atoms with Crippen LogP contribution in [-0.4, -0.2) is 49.2 Å². The molecule has 0 unspecified atom stereocenters. The molecule has 1 atom stereocenters. The second kappa shape index (κ2) is 10.1. The van der Waals surface area contributed by atoms with Crippen molar-refractivity contribution in [2.75, 3.05) is 12.4 Å². The number of fused-ring (bicyclic) bond motifs is 1. The number of ketones is 2. The molecule has 0 saturated heterocycles. The van der Waals surface area contributed by atoms with Crippen LogP contribution in [0.1, 0.15) is 87.2 Å². The number of rotatable bonds is 11. The number of nitrogens with zero attached hydrogens (tertiary/aromatic N) is 5. The first-order valence-corrected chi connectivity index (χ1v) is 14.2. The number of thiophene rings is 1. The lowest BCUT2D eigenvalue weighted by atomic mass is 9.88. The average molecular weight is 537 g/mol. The van der Waals surface area contributed by atoms with Gasteiger partial charge in [-0.25, -0.2) is 4.79 Å². The Balaban J connectivity index is 1.25. The van der Waals surface area contributed by atoms with Crippen LogP contribution in [0, 0.1) is 11.8 Å². The third-order valence-corrected chi connectivity index (χ3v) is 9.20. The lowest BCUT2D eigenvalue weighted by molar-refractivity contribution is -0.119. The van der Waals surface area contributed by atoms with Crippen molar-refractivity contribution in [1.82, 2.24) is 24.5 Å². The van der Waals surface area contributed by atoms with Gasteiger partial charge in [-0.05, 0) is 50.0 Å². The molecule has 2 fully saturated rings. The molecule has 3 aromatic heterocycles. The van der Waals surface area contributed by atoms with Gasteiger partial charge in [0.25, 0.3) is 0 Å². The zero-order valence-corrected chi connectivity index (χ0v) is 22.6. The van der Waals surface area contributed by atoms with Gasteiger partial charge >= 0.3 is 5.97 Å². The minimum atomic E-state index is -0.512. The Morgan fingerprint density at radius 1 is 1.18 bits per heavy atom. The van der Waals surface area contributed by atoms with Gasteiger partial charge in [0, 0.05) is 53.2 Å². The van der Waals surface area contributed by atoms with E-state index in [1.807, 2.05) is 4.57 Å². The summed E-state index contributed by atoms with van der Waals surface area (Å²) in [6, 6.07) is 1.67. The largest absolute Gasteiger partial charge is 0.464 e. The zero-order chi connectivity index (χ0) is 26.4. The van der Waals surface area contributed by atoms with Crippen LogP contribution in [0.5, 0.6) is 0 Å². The van der Waals surface area contributed by atoms with Gasteiger partial charge in [0.05, 0.1) is 7.11 Å². The maximum atomic E-state index is 13.5. The molecule has 38 heavy (non-hydrogen) atoms. The molecule has 0 radical (unpaired) electrons. The van der Waals surface area contributed by atoms with Crippen LogP contribution in [0.3, 0.4) is 0 Å². The van der Waals surface area contributed by atoms with Crippen molar-refractivity contribution in [3.05, 3.63) is 39.0 Å². The Morgan fingerprint density at radius 2 is 2.00 bits per heavy atom. The molecule has 0 aliphatic heterocycles. The molecule has 10 nitrogen and oxygen atoms in total. The third-order valence-electron chi connectivity index (χ3n) is 7.91. The number of methoxy groups -OCH3 is 1. The molecule has 3 aliphatic carbocycles. The number of nitrogens with one attached hydrogen (secondary N) is 1. The maximum absolute atomic E-state index is 13.5. The monoisotopic (exact) mass is 536 g/mol. The second-order valence-electron chi connectivity index (χ2n) is 10.7. The molecule has 3 aromatic rings. The normalized spacial score (nSPS) is 18.7. The summed E-state index contributed by atoms with van der Waals surface area (Å²) in [6.07, 6.45) is 10.4. The molecule has 3 heterocycles. The topological polar surface area (TPSA) is 121 Å². The summed E-state index contributed by atoms with van der Waals surface area (Å²) in [5.74, 6) is 1.97. The highest BCUT2D eigenvalue weighted by Gasteiger charge is 2.35. The Kier molecular flexibility index (Phi) is 6.63. The molecule has 6 rings (SSSR count). The highest BCUT2D eigenvalue weighted by molar-refractivity contribution is 7.12. The minimum Gasteiger partial charge on any atom is -0.464 e. The molecule has 0 spiro atoms. The third kappa shape index (κ3) is 5.03. The number of Topliss-reactive ketones (excluding diaryl/α,β-unsaturated/α-hetero) is 2.